The number of nitrogens with one attached hydrogen (secondary N) is 1. The normalized spacial score (nSPS) is 16.5. The number of pyridine rings is 1. The fourth-order valence-electron chi connectivity index (χ4n) is 2.36. The van der Waals surface area contributed by atoms with E-state index in [0.717, 1.165) is 23.8 Å². The summed E-state index contributed by atoms with van der Waals surface area (Å²) in [5.74, 6) is -0.0259. The van der Waals surface area contributed by atoms with Gasteiger partial charge in [0.15, 0.2) is 0 Å². The Morgan fingerprint density at radius 2 is 2.32 bits per heavy atom. The minimum Gasteiger partial charge on any atom is -0.351 e. The Labute approximate surface area is 120 Å². The van der Waals surface area contributed by atoms with E-state index in [1.54, 1.807) is 10.7 Å². The van der Waals surface area contributed by atoms with Crippen LogP contribution < -0.4 is 5.32 Å². The first-order valence-corrected chi connectivity index (χ1v) is 7.63. The summed E-state index contributed by atoms with van der Waals surface area (Å²) in [4.78, 5) is 12.2. The van der Waals surface area contributed by atoms with Gasteiger partial charge in [-0.15, -0.1) is 0 Å². The molecule has 0 radical (unpaired) electrons. The molecule has 0 spiro atoms. The first kappa shape index (κ1) is 12.7. The van der Waals surface area contributed by atoms with E-state index in [-0.39, 0.29) is 5.91 Å². The van der Waals surface area contributed by atoms with Crippen LogP contribution in [0.4, 0.5) is 0 Å². The van der Waals surface area contributed by atoms with Crippen LogP contribution in [0.25, 0.3) is 5.52 Å². The number of alkyl halides is 1. The lowest BCUT2D eigenvalue weighted by Gasteiger charge is -2.14. The molecule has 19 heavy (non-hydrogen) atoms. The summed E-state index contributed by atoms with van der Waals surface area (Å²) in [5.41, 5.74) is 1.84. The van der Waals surface area contributed by atoms with Gasteiger partial charge in [0.05, 0.1) is 17.3 Å². The maximum Gasteiger partial charge on any atom is 0.255 e. The molecule has 1 N–H and O–H groups in total. The molecule has 0 bridgehead atoms. The van der Waals surface area contributed by atoms with Crippen molar-refractivity contribution in [3.8, 4) is 0 Å². The Morgan fingerprint density at radius 1 is 1.47 bits per heavy atom. The van der Waals surface area contributed by atoms with Crippen LogP contribution in [0.15, 0.2) is 30.6 Å². The lowest BCUT2D eigenvalue weighted by atomic mass is 10.0. The molecule has 0 atom stereocenters. The molecule has 1 saturated carbocycles. The fraction of sp³-hybridized carbons (Fsp3) is 0.429. The molecule has 0 aliphatic heterocycles. The first-order valence-electron chi connectivity index (χ1n) is 6.51. The molecule has 2 heterocycles. The first-order chi connectivity index (χ1) is 9.24. The Hall–Kier alpha value is -1.36. The quantitative estimate of drug-likeness (QED) is 0.860. The van der Waals surface area contributed by atoms with Crippen molar-refractivity contribution in [2.24, 2.45) is 5.41 Å². The van der Waals surface area contributed by atoms with E-state index in [4.69, 9.17) is 0 Å². The Kier molecular flexibility index (Phi) is 3.31. The number of carbonyl (C=O) groups is 1. The Bertz CT molecular complexity index is 604. The van der Waals surface area contributed by atoms with Crippen molar-refractivity contribution < 1.29 is 4.79 Å². The number of aromatic nitrogens is 2. The van der Waals surface area contributed by atoms with E-state index in [1.807, 2.05) is 24.4 Å². The lowest BCUT2D eigenvalue weighted by molar-refractivity contribution is 0.0946. The van der Waals surface area contributed by atoms with Crippen LogP contribution in [0.1, 0.15) is 29.6 Å². The van der Waals surface area contributed by atoms with E-state index < -0.39 is 0 Å². The van der Waals surface area contributed by atoms with Crippen molar-refractivity contribution in [1.82, 2.24) is 14.9 Å². The van der Waals surface area contributed by atoms with Crippen molar-refractivity contribution in [2.45, 2.75) is 19.3 Å². The van der Waals surface area contributed by atoms with Crippen molar-refractivity contribution in [3.63, 3.8) is 0 Å². The SMILES string of the molecule is O=C(NCC1(CCBr)CC1)c1cnn2ccccc12. The number of carbonyl (C=O) groups excluding carboxylic acids is 1. The van der Waals surface area contributed by atoms with E-state index in [2.05, 4.69) is 26.3 Å². The van der Waals surface area contributed by atoms with Crippen LogP contribution in [-0.4, -0.2) is 27.4 Å². The van der Waals surface area contributed by atoms with Crippen molar-refractivity contribution in [3.05, 3.63) is 36.2 Å². The summed E-state index contributed by atoms with van der Waals surface area (Å²) < 4.78 is 1.72. The predicted octanol–water partition coefficient (Wildman–Crippen LogP) is 2.63. The van der Waals surface area contributed by atoms with Crippen LogP contribution in [0.2, 0.25) is 0 Å². The number of rotatable bonds is 5. The maximum atomic E-state index is 12.2. The lowest BCUT2D eigenvalue weighted by Crippen LogP contribution is -2.30. The zero-order chi connectivity index (χ0) is 13.3. The second-order valence-electron chi connectivity index (χ2n) is 5.21. The van der Waals surface area contributed by atoms with Gasteiger partial charge in [-0.1, -0.05) is 22.0 Å². The molecule has 2 aromatic heterocycles. The Balaban J connectivity index is 1.71. The number of hydrogen-bond donors (Lipinski definition) is 1. The molecule has 2 aromatic rings. The smallest absolute Gasteiger partial charge is 0.255 e. The second-order valence-corrected chi connectivity index (χ2v) is 6.00. The zero-order valence-electron chi connectivity index (χ0n) is 10.6. The van der Waals surface area contributed by atoms with E-state index in [1.165, 1.54) is 12.8 Å². The van der Waals surface area contributed by atoms with Crippen LogP contribution in [-0.2, 0) is 0 Å². The highest BCUT2D eigenvalue weighted by Gasteiger charge is 2.41. The molecule has 5 heteroatoms. The van der Waals surface area contributed by atoms with Crippen LogP contribution in [0, 0.1) is 5.41 Å². The molecular weight excluding hydrogens is 306 g/mol. The maximum absolute atomic E-state index is 12.2. The number of fused-ring (bicyclic) bond motifs is 1. The highest BCUT2D eigenvalue weighted by Crippen LogP contribution is 2.48. The summed E-state index contributed by atoms with van der Waals surface area (Å²) in [6.45, 7) is 0.765. The Morgan fingerprint density at radius 3 is 3.05 bits per heavy atom. The van der Waals surface area contributed by atoms with E-state index in [0.29, 0.717) is 11.0 Å². The summed E-state index contributed by atoms with van der Waals surface area (Å²) in [6, 6.07) is 5.73. The summed E-state index contributed by atoms with van der Waals surface area (Å²) in [5, 5.41) is 8.24. The molecule has 1 aliphatic carbocycles. The third-order valence-electron chi connectivity index (χ3n) is 3.88. The number of amides is 1. The number of nitrogens with zero attached hydrogens (tertiary/aromatic N) is 2. The third-order valence-corrected chi connectivity index (χ3v) is 4.27. The largest absolute Gasteiger partial charge is 0.351 e. The third kappa shape index (κ3) is 2.52. The van der Waals surface area contributed by atoms with Gasteiger partial charge in [0.2, 0.25) is 0 Å². The molecule has 0 aromatic carbocycles. The average Bonchev–Trinajstić information content (AvgIpc) is 3.05. The molecule has 4 nitrogen and oxygen atoms in total. The molecule has 100 valence electrons. The summed E-state index contributed by atoms with van der Waals surface area (Å²) >= 11 is 3.48. The van der Waals surface area contributed by atoms with Gasteiger partial charge in [-0.05, 0) is 36.8 Å². The van der Waals surface area contributed by atoms with E-state index in [9.17, 15) is 4.79 Å². The van der Waals surface area contributed by atoms with Crippen LogP contribution in [0.5, 0.6) is 0 Å². The standard InChI is InChI=1S/C14H16BrN3O/c15-7-6-14(4-5-14)10-16-13(19)11-9-17-18-8-2-1-3-12(11)18/h1-3,8-9H,4-7,10H2,(H,16,19). The van der Waals surface area contributed by atoms with Crippen LogP contribution >= 0.6 is 15.9 Å². The van der Waals surface area contributed by atoms with Gasteiger partial charge in [0.25, 0.3) is 5.91 Å². The van der Waals surface area contributed by atoms with Gasteiger partial charge in [-0.25, -0.2) is 4.52 Å². The predicted molar refractivity (Wildman–Crippen MR) is 77.6 cm³/mol. The highest BCUT2D eigenvalue weighted by molar-refractivity contribution is 9.09. The highest BCUT2D eigenvalue weighted by atomic mass is 79.9. The fourth-order valence-corrected chi connectivity index (χ4v) is 3.21. The van der Waals surface area contributed by atoms with Gasteiger partial charge in [-0.2, -0.15) is 5.10 Å². The molecule has 3 rings (SSSR count). The molecule has 0 unspecified atom stereocenters. The van der Waals surface area contributed by atoms with E-state index >= 15 is 0 Å². The van der Waals surface area contributed by atoms with Gasteiger partial charge in [0, 0.05) is 18.1 Å². The molecule has 1 aliphatic rings. The van der Waals surface area contributed by atoms with Gasteiger partial charge >= 0.3 is 0 Å². The minimum atomic E-state index is -0.0259. The summed E-state index contributed by atoms with van der Waals surface area (Å²) in [6.07, 6.45) is 7.04. The van der Waals surface area contributed by atoms with Crippen molar-refractivity contribution >= 4 is 27.4 Å². The monoisotopic (exact) mass is 321 g/mol. The molecule has 0 saturated heterocycles. The van der Waals surface area contributed by atoms with Gasteiger partial charge in [0.1, 0.15) is 0 Å². The number of hydrogen-bond acceptors (Lipinski definition) is 2. The number of halogens is 1. The minimum absolute atomic E-state index is 0.0259. The van der Waals surface area contributed by atoms with Crippen molar-refractivity contribution in [2.75, 3.05) is 11.9 Å². The average molecular weight is 322 g/mol. The molecule has 1 fully saturated rings. The second kappa shape index (κ2) is 4.96. The topological polar surface area (TPSA) is 46.4 Å². The molecule has 1 amide bonds. The van der Waals surface area contributed by atoms with Gasteiger partial charge in [-0.3, -0.25) is 4.79 Å². The van der Waals surface area contributed by atoms with Crippen LogP contribution in [0.3, 0.4) is 0 Å². The van der Waals surface area contributed by atoms with Crippen molar-refractivity contribution in [1.29, 1.82) is 0 Å². The van der Waals surface area contributed by atoms with Gasteiger partial charge < -0.3 is 5.32 Å². The molecular formula is C14H16BrN3O. The zero-order valence-corrected chi connectivity index (χ0v) is 12.2. The summed E-state index contributed by atoms with van der Waals surface area (Å²) in [7, 11) is 0.